The first-order chi connectivity index (χ1) is 14.6. The van der Waals surface area contributed by atoms with Gasteiger partial charge in [-0.1, -0.05) is 12.1 Å². The Morgan fingerprint density at radius 3 is 2.84 bits per heavy atom. The van der Waals surface area contributed by atoms with Gasteiger partial charge in [-0.15, -0.1) is 24.0 Å². The van der Waals surface area contributed by atoms with Crippen molar-refractivity contribution >= 4 is 35.8 Å². The lowest BCUT2D eigenvalue weighted by Crippen LogP contribution is -2.47. The molecule has 170 valence electrons. The van der Waals surface area contributed by atoms with Gasteiger partial charge in [0.25, 0.3) is 5.91 Å². The van der Waals surface area contributed by atoms with Crippen LogP contribution in [0, 0.1) is 0 Å². The Hall–Kier alpha value is -2.21. The van der Waals surface area contributed by atoms with Gasteiger partial charge in [0.2, 0.25) is 0 Å². The monoisotopic (exact) mass is 541 g/mol. The molecule has 1 aromatic heterocycles. The van der Waals surface area contributed by atoms with E-state index in [1.54, 1.807) is 7.11 Å². The van der Waals surface area contributed by atoms with Crippen LogP contribution >= 0.6 is 24.0 Å². The Kier molecular flexibility index (Phi) is 10.2. The highest BCUT2D eigenvalue weighted by atomic mass is 127. The summed E-state index contributed by atoms with van der Waals surface area (Å²) in [5.41, 5.74) is 1.64. The van der Waals surface area contributed by atoms with Gasteiger partial charge in [0.1, 0.15) is 12.4 Å². The SMILES string of the molecule is CCNC(=O)c1cccc(CN=C(NCC)NC2CCc3nc(COC)nn3C2)c1.I. The van der Waals surface area contributed by atoms with Crippen LogP contribution in [-0.2, 0) is 30.9 Å². The number of hydrogen-bond acceptors (Lipinski definition) is 5. The molecule has 0 spiro atoms. The van der Waals surface area contributed by atoms with E-state index in [0.717, 1.165) is 49.1 Å². The topological polar surface area (TPSA) is 105 Å². The number of aromatic nitrogens is 3. The molecular formula is C21H32IN7O2. The predicted octanol–water partition coefficient (Wildman–Crippen LogP) is 1.86. The van der Waals surface area contributed by atoms with E-state index >= 15 is 0 Å². The molecule has 2 aromatic rings. The number of hydrogen-bond donors (Lipinski definition) is 3. The number of ether oxygens (including phenoxy) is 1. The van der Waals surface area contributed by atoms with Crippen molar-refractivity contribution in [3.8, 4) is 0 Å². The van der Waals surface area contributed by atoms with Crippen LogP contribution in [0.2, 0.25) is 0 Å². The molecule has 0 radical (unpaired) electrons. The van der Waals surface area contributed by atoms with Crippen molar-refractivity contribution < 1.29 is 9.53 Å². The fraction of sp³-hybridized carbons (Fsp3) is 0.524. The highest BCUT2D eigenvalue weighted by Crippen LogP contribution is 2.14. The van der Waals surface area contributed by atoms with E-state index in [1.165, 1.54) is 0 Å². The first-order valence-electron chi connectivity index (χ1n) is 10.5. The molecule has 1 aromatic carbocycles. The second-order valence-electron chi connectivity index (χ2n) is 7.19. The number of carbonyl (C=O) groups is 1. The number of benzene rings is 1. The summed E-state index contributed by atoms with van der Waals surface area (Å²) in [5, 5.41) is 14.2. The van der Waals surface area contributed by atoms with Crippen LogP contribution in [-0.4, -0.2) is 52.9 Å². The molecule has 1 atom stereocenters. The van der Waals surface area contributed by atoms with Gasteiger partial charge in [0, 0.05) is 38.2 Å². The molecule has 0 saturated heterocycles. The maximum absolute atomic E-state index is 12.1. The smallest absolute Gasteiger partial charge is 0.251 e. The number of aryl methyl sites for hydroxylation is 1. The number of rotatable bonds is 8. The summed E-state index contributed by atoms with van der Waals surface area (Å²) in [5.74, 6) is 2.42. The van der Waals surface area contributed by atoms with Gasteiger partial charge >= 0.3 is 0 Å². The van der Waals surface area contributed by atoms with Gasteiger partial charge < -0.3 is 20.7 Å². The van der Waals surface area contributed by atoms with Crippen molar-refractivity contribution in [3.63, 3.8) is 0 Å². The molecule has 0 saturated carbocycles. The van der Waals surface area contributed by atoms with Crippen LogP contribution in [0.1, 0.15) is 47.8 Å². The molecule has 3 rings (SSSR count). The summed E-state index contributed by atoms with van der Waals surface area (Å²) < 4.78 is 7.08. The van der Waals surface area contributed by atoms with E-state index in [1.807, 2.05) is 42.8 Å². The molecular weight excluding hydrogens is 509 g/mol. The largest absolute Gasteiger partial charge is 0.377 e. The van der Waals surface area contributed by atoms with E-state index in [-0.39, 0.29) is 35.9 Å². The number of aliphatic imine (C=N–C) groups is 1. The number of fused-ring (bicyclic) bond motifs is 1. The van der Waals surface area contributed by atoms with Crippen molar-refractivity contribution in [1.29, 1.82) is 0 Å². The maximum Gasteiger partial charge on any atom is 0.251 e. The van der Waals surface area contributed by atoms with E-state index in [9.17, 15) is 4.79 Å². The standard InChI is InChI=1S/C21H31N7O2.HI/c1-4-22-20(29)16-8-6-7-15(11-16)12-24-21(23-5-2)25-17-9-10-19-26-18(14-30-3)27-28(19)13-17;/h6-8,11,17H,4-5,9-10,12-14H2,1-3H3,(H,22,29)(H2,23,24,25);1H. The average molecular weight is 541 g/mol. The van der Waals surface area contributed by atoms with Crippen molar-refractivity contribution in [1.82, 2.24) is 30.7 Å². The highest BCUT2D eigenvalue weighted by molar-refractivity contribution is 14.0. The van der Waals surface area contributed by atoms with E-state index in [4.69, 9.17) is 9.73 Å². The molecule has 0 aliphatic carbocycles. The molecule has 3 N–H and O–H groups in total. The minimum atomic E-state index is -0.0629. The minimum absolute atomic E-state index is 0. The van der Waals surface area contributed by atoms with Crippen molar-refractivity contribution in [2.24, 2.45) is 4.99 Å². The zero-order chi connectivity index (χ0) is 21.3. The first-order valence-corrected chi connectivity index (χ1v) is 10.5. The fourth-order valence-electron chi connectivity index (χ4n) is 3.43. The third kappa shape index (κ3) is 7.17. The summed E-state index contributed by atoms with van der Waals surface area (Å²) in [4.78, 5) is 21.3. The van der Waals surface area contributed by atoms with E-state index in [2.05, 4.69) is 26.0 Å². The van der Waals surface area contributed by atoms with Crippen LogP contribution in [0.25, 0.3) is 0 Å². The lowest BCUT2D eigenvalue weighted by atomic mass is 10.1. The van der Waals surface area contributed by atoms with Crippen LogP contribution in [0.5, 0.6) is 0 Å². The number of carbonyl (C=O) groups excluding carboxylic acids is 1. The Balaban J connectivity index is 0.00000341. The number of methoxy groups -OCH3 is 1. The second-order valence-corrected chi connectivity index (χ2v) is 7.19. The molecule has 9 nitrogen and oxygen atoms in total. The van der Waals surface area contributed by atoms with Crippen molar-refractivity contribution in [2.45, 2.75) is 52.4 Å². The van der Waals surface area contributed by atoms with Crippen LogP contribution in [0.15, 0.2) is 29.3 Å². The van der Waals surface area contributed by atoms with Crippen molar-refractivity contribution in [3.05, 3.63) is 47.0 Å². The number of guanidine groups is 1. The van der Waals surface area contributed by atoms with E-state index in [0.29, 0.717) is 25.3 Å². The number of nitrogens with zero attached hydrogens (tertiary/aromatic N) is 4. The van der Waals surface area contributed by atoms with Gasteiger partial charge in [0.15, 0.2) is 11.8 Å². The summed E-state index contributed by atoms with van der Waals surface area (Å²) in [7, 11) is 1.65. The fourth-order valence-corrected chi connectivity index (χ4v) is 3.43. The summed E-state index contributed by atoms with van der Waals surface area (Å²) in [6.07, 6.45) is 1.82. The maximum atomic E-state index is 12.1. The molecule has 1 unspecified atom stereocenters. The van der Waals surface area contributed by atoms with Crippen LogP contribution in [0.3, 0.4) is 0 Å². The second kappa shape index (κ2) is 12.6. The molecule has 10 heteroatoms. The molecule has 0 fully saturated rings. The van der Waals surface area contributed by atoms with Crippen LogP contribution < -0.4 is 16.0 Å². The lowest BCUT2D eigenvalue weighted by Gasteiger charge is -2.25. The Morgan fingerprint density at radius 2 is 2.10 bits per heavy atom. The Morgan fingerprint density at radius 1 is 1.29 bits per heavy atom. The third-order valence-corrected chi connectivity index (χ3v) is 4.81. The summed E-state index contributed by atoms with van der Waals surface area (Å²) >= 11 is 0. The summed E-state index contributed by atoms with van der Waals surface area (Å²) in [6.45, 7) is 6.98. The lowest BCUT2D eigenvalue weighted by molar-refractivity contribution is 0.0955. The molecule has 31 heavy (non-hydrogen) atoms. The van der Waals surface area contributed by atoms with Gasteiger partial charge in [-0.3, -0.25) is 4.79 Å². The third-order valence-electron chi connectivity index (χ3n) is 4.81. The minimum Gasteiger partial charge on any atom is -0.377 e. The Labute approximate surface area is 200 Å². The number of nitrogens with one attached hydrogen (secondary N) is 3. The zero-order valence-electron chi connectivity index (χ0n) is 18.4. The Bertz CT molecular complexity index is 884. The zero-order valence-corrected chi connectivity index (χ0v) is 20.7. The predicted molar refractivity (Wildman–Crippen MR) is 131 cm³/mol. The molecule has 1 aliphatic rings. The van der Waals surface area contributed by atoms with Gasteiger partial charge in [-0.25, -0.2) is 14.7 Å². The summed E-state index contributed by atoms with van der Waals surface area (Å²) in [6, 6.07) is 7.79. The number of halogens is 1. The molecule has 1 amide bonds. The van der Waals surface area contributed by atoms with E-state index < -0.39 is 0 Å². The first kappa shape index (κ1) is 25.1. The van der Waals surface area contributed by atoms with Crippen molar-refractivity contribution in [2.75, 3.05) is 20.2 Å². The molecule has 2 heterocycles. The van der Waals surface area contributed by atoms with Gasteiger partial charge in [-0.05, 0) is 38.0 Å². The highest BCUT2D eigenvalue weighted by Gasteiger charge is 2.22. The number of amides is 1. The van der Waals surface area contributed by atoms with Gasteiger partial charge in [-0.2, -0.15) is 5.10 Å². The van der Waals surface area contributed by atoms with Crippen LogP contribution in [0.4, 0.5) is 0 Å². The average Bonchev–Trinajstić information content (AvgIpc) is 3.14. The quantitative estimate of drug-likeness (QED) is 0.268. The normalized spacial score (nSPS) is 15.6. The van der Waals surface area contributed by atoms with Gasteiger partial charge in [0.05, 0.1) is 13.1 Å². The molecule has 1 aliphatic heterocycles. The molecule has 0 bridgehead atoms.